The van der Waals surface area contributed by atoms with Gasteiger partial charge in [0.05, 0.1) is 5.69 Å². The number of likely N-dealkylation sites (N-methyl/N-ethyl adjacent to an activating group) is 1. The molecule has 2 aliphatic heterocycles. The molecule has 0 aromatic heterocycles. The summed E-state index contributed by atoms with van der Waals surface area (Å²) in [5, 5.41) is 10.7. The van der Waals surface area contributed by atoms with Crippen LogP contribution in [-0.4, -0.2) is 43.5 Å². The summed E-state index contributed by atoms with van der Waals surface area (Å²) in [6.45, 7) is 6.10. The molecule has 2 aromatic carbocycles. The number of rotatable bonds is 4. The van der Waals surface area contributed by atoms with Crippen LogP contribution >= 0.6 is 0 Å². The molecule has 0 fully saturated rings. The summed E-state index contributed by atoms with van der Waals surface area (Å²) in [5.41, 5.74) is 2.30. The van der Waals surface area contributed by atoms with Crippen LogP contribution < -0.4 is 15.0 Å². The normalized spacial score (nSPS) is 19.4. The van der Waals surface area contributed by atoms with Gasteiger partial charge < -0.3 is 15.0 Å². The summed E-state index contributed by atoms with van der Waals surface area (Å²) < 4.78 is 5.85. The smallest absolute Gasteiger partial charge is 0.291 e. The molecule has 8 heteroatoms. The van der Waals surface area contributed by atoms with Crippen molar-refractivity contribution >= 4 is 23.3 Å². The molecule has 2 aromatic rings. The summed E-state index contributed by atoms with van der Waals surface area (Å²) in [4.78, 5) is 31.6. The number of hydrogen-bond acceptors (Lipinski definition) is 6. The van der Waals surface area contributed by atoms with Crippen LogP contribution in [0.5, 0.6) is 5.75 Å². The van der Waals surface area contributed by atoms with Gasteiger partial charge in [0.15, 0.2) is 6.17 Å². The third kappa shape index (κ3) is 5.49. The summed E-state index contributed by atoms with van der Waals surface area (Å²) in [6, 6.07) is 14.3. The zero-order valence-electron chi connectivity index (χ0n) is 19.7. The first-order chi connectivity index (χ1) is 16.2. The molecule has 2 heterocycles. The van der Waals surface area contributed by atoms with Gasteiger partial charge in [-0.2, -0.15) is 5.11 Å². The maximum atomic E-state index is 13.1. The van der Waals surface area contributed by atoms with E-state index in [1.165, 1.54) is 4.90 Å². The lowest BCUT2D eigenvalue weighted by Gasteiger charge is -2.20. The maximum Gasteiger partial charge on any atom is 0.291 e. The van der Waals surface area contributed by atoms with Crippen LogP contribution in [0.15, 0.2) is 63.8 Å². The van der Waals surface area contributed by atoms with Crippen molar-refractivity contribution in [3.8, 4) is 17.6 Å². The number of carbonyl (C=O) groups excluding carboxylic acids is 2. The zero-order valence-corrected chi connectivity index (χ0v) is 19.7. The molecule has 2 aliphatic rings. The van der Waals surface area contributed by atoms with E-state index in [2.05, 4.69) is 32.4 Å². The van der Waals surface area contributed by atoms with E-state index in [1.54, 1.807) is 13.1 Å². The van der Waals surface area contributed by atoms with E-state index in [0.29, 0.717) is 17.9 Å². The molecular formula is C26H27N5O3. The van der Waals surface area contributed by atoms with E-state index in [0.717, 1.165) is 11.1 Å². The molecule has 2 amide bonds. The lowest BCUT2D eigenvalue weighted by Crippen LogP contribution is -2.50. The number of hydrogen-bond donors (Lipinski definition) is 1. The second-order valence-electron chi connectivity index (χ2n) is 9.26. The SMILES string of the molecule is CN1C(=O)[C@@H](NC(=O)C2=NC(Cc3ccccc3)N=N2)COc2ccc(C#CC(C)(C)C)cc21. The molecule has 8 nitrogen and oxygen atoms in total. The Morgan fingerprint density at radius 2 is 1.97 bits per heavy atom. The Morgan fingerprint density at radius 1 is 1.21 bits per heavy atom. The van der Waals surface area contributed by atoms with E-state index in [-0.39, 0.29) is 23.8 Å². The topological polar surface area (TPSA) is 95.7 Å². The Bertz CT molecular complexity index is 1220. The third-order valence-electron chi connectivity index (χ3n) is 5.26. The molecule has 0 saturated carbocycles. The van der Waals surface area contributed by atoms with E-state index >= 15 is 0 Å². The van der Waals surface area contributed by atoms with Gasteiger partial charge in [-0.25, -0.2) is 4.99 Å². The summed E-state index contributed by atoms with van der Waals surface area (Å²) >= 11 is 0. The van der Waals surface area contributed by atoms with E-state index < -0.39 is 18.1 Å². The fourth-order valence-corrected chi connectivity index (χ4v) is 3.49. The standard InChI is InChI=1S/C26H27N5O3/c1-26(2,3)13-12-18-10-11-21-20(14-18)31(4)25(33)19(16-34-21)27-24(32)23-28-22(29-30-23)15-17-8-6-5-7-9-17/h5-11,14,19,22H,15-16H2,1-4H3,(H,27,32)/t19-,22?/m0/s1. The fourth-order valence-electron chi connectivity index (χ4n) is 3.49. The minimum atomic E-state index is -0.889. The summed E-state index contributed by atoms with van der Waals surface area (Å²) in [5.74, 6) is 5.98. The molecule has 2 atom stereocenters. The Morgan fingerprint density at radius 3 is 2.71 bits per heavy atom. The summed E-state index contributed by atoms with van der Waals surface area (Å²) in [6.07, 6.45) is 0.0919. The van der Waals surface area contributed by atoms with Gasteiger partial charge in [-0.3, -0.25) is 9.59 Å². The molecule has 0 bridgehead atoms. The van der Waals surface area contributed by atoms with E-state index in [1.807, 2.05) is 63.2 Å². The zero-order chi connectivity index (χ0) is 24.3. The predicted molar refractivity (Wildman–Crippen MR) is 130 cm³/mol. The highest BCUT2D eigenvalue weighted by atomic mass is 16.5. The molecular weight excluding hydrogens is 430 g/mol. The Hall–Kier alpha value is -3.99. The first-order valence-corrected chi connectivity index (χ1v) is 11.1. The van der Waals surface area contributed by atoms with Crippen LogP contribution in [0, 0.1) is 17.3 Å². The van der Waals surface area contributed by atoms with Crippen molar-refractivity contribution in [3.63, 3.8) is 0 Å². The van der Waals surface area contributed by atoms with Crippen molar-refractivity contribution < 1.29 is 14.3 Å². The van der Waals surface area contributed by atoms with Crippen LogP contribution in [0.2, 0.25) is 0 Å². The van der Waals surface area contributed by atoms with Gasteiger partial charge in [-0.05, 0) is 44.5 Å². The Labute approximate surface area is 199 Å². The molecule has 34 heavy (non-hydrogen) atoms. The number of fused-ring (bicyclic) bond motifs is 1. The lowest BCUT2D eigenvalue weighted by molar-refractivity contribution is -0.124. The molecule has 0 aliphatic carbocycles. The van der Waals surface area contributed by atoms with Gasteiger partial charge in [0.2, 0.25) is 5.84 Å². The van der Waals surface area contributed by atoms with Crippen molar-refractivity contribution in [2.45, 2.75) is 39.4 Å². The molecule has 0 saturated heterocycles. The van der Waals surface area contributed by atoms with Crippen molar-refractivity contribution in [1.29, 1.82) is 0 Å². The van der Waals surface area contributed by atoms with Crippen LogP contribution in [0.4, 0.5) is 5.69 Å². The minimum Gasteiger partial charge on any atom is -0.489 e. The maximum absolute atomic E-state index is 13.1. The number of nitrogens with zero attached hydrogens (tertiary/aromatic N) is 4. The summed E-state index contributed by atoms with van der Waals surface area (Å²) in [7, 11) is 1.65. The fraction of sp³-hybridized carbons (Fsp3) is 0.346. The number of amidine groups is 1. The third-order valence-corrected chi connectivity index (χ3v) is 5.26. The molecule has 0 spiro atoms. The van der Waals surface area contributed by atoms with Crippen LogP contribution in [0.25, 0.3) is 0 Å². The number of ether oxygens (including phenoxy) is 1. The number of amides is 2. The van der Waals surface area contributed by atoms with Gasteiger partial charge in [-0.15, -0.1) is 5.11 Å². The predicted octanol–water partition coefficient (Wildman–Crippen LogP) is 3.36. The van der Waals surface area contributed by atoms with Gasteiger partial charge in [0, 0.05) is 24.4 Å². The van der Waals surface area contributed by atoms with Crippen molar-refractivity contribution in [3.05, 3.63) is 59.7 Å². The van der Waals surface area contributed by atoms with Gasteiger partial charge >= 0.3 is 0 Å². The lowest BCUT2D eigenvalue weighted by atomic mass is 9.97. The highest BCUT2D eigenvalue weighted by molar-refractivity contribution is 6.38. The molecule has 174 valence electrons. The number of aliphatic imine (C=N–C) groups is 1. The average Bonchev–Trinajstić information content (AvgIpc) is 3.24. The molecule has 1 unspecified atom stereocenters. The van der Waals surface area contributed by atoms with Crippen LogP contribution in [0.3, 0.4) is 0 Å². The highest BCUT2D eigenvalue weighted by Gasteiger charge is 2.32. The van der Waals surface area contributed by atoms with Crippen molar-refractivity contribution in [2.75, 3.05) is 18.6 Å². The Kier molecular flexibility index (Phi) is 6.46. The van der Waals surface area contributed by atoms with E-state index in [9.17, 15) is 9.59 Å². The molecule has 0 radical (unpaired) electrons. The molecule has 1 N–H and O–H groups in total. The largest absolute Gasteiger partial charge is 0.489 e. The van der Waals surface area contributed by atoms with Gasteiger partial charge in [-0.1, -0.05) is 42.2 Å². The first-order valence-electron chi connectivity index (χ1n) is 11.1. The Balaban J connectivity index is 1.44. The van der Waals surface area contributed by atoms with Gasteiger partial charge in [0.25, 0.3) is 11.8 Å². The highest BCUT2D eigenvalue weighted by Crippen LogP contribution is 2.31. The quantitative estimate of drug-likeness (QED) is 0.713. The van der Waals surface area contributed by atoms with E-state index in [4.69, 9.17) is 4.74 Å². The number of azo groups is 1. The van der Waals surface area contributed by atoms with Gasteiger partial charge in [0.1, 0.15) is 18.4 Å². The van der Waals surface area contributed by atoms with Crippen molar-refractivity contribution in [1.82, 2.24) is 5.32 Å². The number of nitrogens with one attached hydrogen (secondary N) is 1. The number of carbonyl (C=O) groups is 2. The second-order valence-corrected chi connectivity index (χ2v) is 9.26. The first kappa shape index (κ1) is 23.2. The van der Waals surface area contributed by atoms with Crippen molar-refractivity contribution in [2.24, 2.45) is 20.6 Å². The minimum absolute atomic E-state index is 0.00715. The second kappa shape index (κ2) is 9.48. The van der Waals surface area contributed by atoms with Crippen LogP contribution in [0.1, 0.15) is 31.9 Å². The number of benzene rings is 2. The monoisotopic (exact) mass is 457 g/mol. The van der Waals surface area contributed by atoms with Crippen LogP contribution in [-0.2, 0) is 16.0 Å². The average molecular weight is 458 g/mol. The molecule has 4 rings (SSSR count). The number of anilines is 1.